The van der Waals surface area contributed by atoms with E-state index in [1.165, 1.54) is 0 Å². The van der Waals surface area contributed by atoms with Crippen LogP contribution in [0.5, 0.6) is 5.88 Å². The Hall–Kier alpha value is -1.94. The van der Waals surface area contributed by atoms with Gasteiger partial charge in [-0.2, -0.15) is 4.98 Å². The summed E-state index contributed by atoms with van der Waals surface area (Å²) in [5.41, 5.74) is 12.5. The van der Waals surface area contributed by atoms with E-state index in [0.29, 0.717) is 23.2 Å². The van der Waals surface area contributed by atoms with Crippen molar-refractivity contribution in [2.45, 2.75) is 6.61 Å². The van der Waals surface area contributed by atoms with Gasteiger partial charge in [0.1, 0.15) is 6.61 Å². The standard InChI is InChI=1S/C12H12ClN3O/c13-9-4-2-1-3-8(9)7-17-11-6-5-10(14)12(15)16-11/h1-6H,7,14H2,(H2,15,16). The van der Waals surface area contributed by atoms with Crippen LogP contribution in [0.2, 0.25) is 5.02 Å². The van der Waals surface area contributed by atoms with Gasteiger partial charge < -0.3 is 16.2 Å². The molecule has 0 saturated heterocycles. The van der Waals surface area contributed by atoms with Crippen LogP contribution in [0, 0.1) is 0 Å². The summed E-state index contributed by atoms with van der Waals surface area (Å²) in [4.78, 5) is 4.00. The molecule has 1 aromatic heterocycles. The molecule has 88 valence electrons. The van der Waals surface area contributed by atoms with Gasteiger partial charge in [-0.25, -0.2) is 0 Å². The highest BCUT2D eigenvalue weighted by Crippen LogP contribution is 2.20. The molecule has 0 saturated carbocycles. The summed E-state index contributed by atoms with van der Waals surface area (Å²) in [5, 5.41) is 0.663. The second-order valence-electron chi connectivity index (χ2n) is 3.50. The zero-order chi connectivity index (χ0) is 12.3. The van der Waals surface area contributed by atoms with E-state index in [-0.39, 0.29) is 5.82 Å². The van der Waals surface area contributed by atoms with E-state index in [1.807, 2.05) is 24.3 Å². The molecular weight excluding hydrogens is 238 g/mol. The van der Waals surface area contributed by atoms with E-state index in [0.717, 1.165) is 5.56 Å². The Bertz CT molecular complexity index is 531. The minimum Gasteiger partial charge on any atom is -0.473 e. The van der Waals surface area contributed by atoms with Crippen molar-refractivity contribution in [3.63, 3.8) is 0 Å². The number of nitrogens with zero attached hydrogens (tertiary/aromatic N) is 1. The highest BCUT2D eigenvalue weighted by atomic mass is 35.5. The molecule has 0 aliphatic heterocycles. The number of anilines is 2. The van der Waals surface area contributed by atoms with Crippen LogP contribution in [0.25, 0.3) is 0 Å². The number of rotatable bonds is 3. The molecule has 0 atom stereocenters. The normalized spacial score (nSPS) is 10.2. The van der Waals surface area contributed by atoms with Crippen LogP contribution in [-0.4, -0.2) is 4.98 Å². The number of halogens is 1. The molecule has 0 bridgehead atoms. The van der Waals surface area contributed by atoms with Gasteiger partial charge in [0.25, 0.3) is 0 Å². The quantitative estimate of drug-likeness (QED) is 0.876. The number of nitrogen functional groups attached to an aromatic ring is 2. The zero-order valence-corrected chi connectivity index (χ0v) is 9.82. The lowest BCUT2D eigenvalue weighted by Gasteiger charge is -2.08. The van der Waals surface area contributed by atoms with E-state index in [2.05, 4.69) is 4.98 Å². The molecule has 17 heavy (non-hydrogen) atoms. The van der Waals surface area contributed by atoms with Crippen molar-refractivity contribution >= 4 is 23.1 Å². The van der Waals surface area contributed by atoms with Crippen molar-refractivity contribution in [1.29, 1.82) is 0 Å². The van der Waals surface area contributed by atoms with Gasteiger partial charge >= 0.3 is 0 Å². The number of benzene rings is 1. The Kier molecular flexibility index (Phi) is 3.35. The van der Waals surface area contributed by atoms with Gasteiger partial charge in [0.05, 0.1) is 5.69 Å². The first-order valence-corrected chi connectivity index (χ1v) is 5.43. The summed E-state index contributed by atoms with van der Waals surface area (Å²) >= 11 is 6.00. The maximum absolute atomic E-state index is 6.00. The molecule has 1 aromatic carbocycles. The molecule has 0 radical (unpaired) electrons. The molecular formula is C12H12ClN3O. The van der Waals surface area contributed by atoms with E-state index in [9.17, 15) is 0 Å². The molecule has 0 unspecified atom stereocenters. The second-order valence-corrected chi connectivity index (χ2v) is 3.91. The first-order valence-electron chi connectivity index (χ1n) is 5.05. The lowest BCUT2D eigenvalue weighted by molar-refractivity contribution is 0.294. The molecule has 5 heteroatoms. The van der Waals surface area contributed by atoms with E-state index in [4.69, 9.17) is 27.8 Å². The van der Waals surface area contributed by atoms with Crippen molar-refractivity contribution in [3.05, 3.63) is 47.0 Å². The number of aromatic nitrogens is 1. The van der Waals surface area contributed by atoms with Gasteiger partial charge in [0.15, 0.2) is 5.82 Å². The van der Waals surface area contributed by atoms with Gasteiger partial charge in [-0.3, -0.25) is 0 Å². The Morgan fingerprint density at radius 1 is 1.12 bits per heavy atom. The first kappa shape index (κ1) is 11.5. The molecule has 0 amide bonds. The lowest BCUT2D eigenvalue weighted by Crippen LogP contribution is -2.02. The Balaban J connectivity index is 2.08. The summed E-state index contributed by atoms with van der Waals surface area (Å²) in [6.45, 7) is 0.343. The molecule has 0 fully saturated rings. The third-order valence-corrected chi connectivity index (χ3v) is 2.63. The monoisotopic (exact) mass is 249 g/mol. The fourth-order valence-corrected chi connectivity index (χ4v) is 1.50. The minimum atomic E-state index is 0.265. The molecule has 1 heterocycles. The van der Waals surface area contributed by atoms with Crippen molar-refractivity contribution in [1.82, 2.24) is 4.98 Å². The largest absolute Gasteiger partial charge is 0.473 e. The Morgan fingerprint density at radius 3 is 2.59 bits per heavy atom. The topological polar surface area (TPSA) is 74.2 Å². The third kappa shape index (κ3) is 2.79. The van der Waals surface area contributed by atoms with E-state index >= 15 is 0 Å². The number of hydrogen-bond acceptors (Lipinski definition) is 4. The number of nitrogens with two attached hydrogens (primary N) is 2. The molecule has 0 spiro atoms. The van der Waals surface area contributed by atoms with Crippen molar-refractivity contribution < 1.29 is 4.74 Å². The fourth-order valence-electron chi connectivity index (χ4n) is 1.31. The lowest BCUT2D eigenvalue weighted by atomic mass is 10.2. The van der Waals surface area contributed by atoms with Crippen molar-refractivity contribution in [2.24, 2.45) is 0 Å². The van der Waals surface area contributed by atoms with Gasteiger partial charge in [-0.05, 0) is 12.1 Å². The van der Waals surface area contributed by atoms with E-state index in [1.54, 1.807) is 12.1 Å². The molecule has 4 nitrogen and oxygen atoms in total. The summed E-state index contributed by atoms with van der Waals surface area (Å²) in [6, 6.07) is 10.8. The smallest absolute Gasteiger partial charge is 0.215 e. The summed E-state index contributed by atoms with van der Waals surface area (Å²) in [5.74, 6) is 0.693. The Morgan fingerprint density at radius 2 is 1.88 bits per heavy atom. The van der Waals surface area contributed by atoms with Crippen LogP contribution in [-0.2, 0) is 6.61 Å². The second kappa shape index (κ2) is 4.93. The number of hydrogen-bond donors (Lipinski definition) is 2. The maximum Gasteiger partial charge on any atom is 0.215 e. The van der Waals surface area contributed by atoms with Crippen LogP contribution < -0.4 is 16.2 Å². The van der Waals surface area contributed by atoms with Crippen LogP contribution >= 0.6 is 11.6 Å². The average molecular weight is 250 g/mol. The summed E-state index contributed by atoms with van der Waals surface area (Å²) in [6.07, 6.45) is 0. The predicted octanol–water partition coefficient (Wildman–Crippen LogP) is 2.48. The van der Waals surface area contributed by atoms with Gasteiger partial charge in [0.2, 0.25) is 5.88 Å². The maximum atomic E-state index is 6.00. The fraction of sp³-hybridized carbons (Fsp3) is 0.0833. The number of ether oxygens (including phenoxy) is 1. The van der Waals surface area contributed by atoms with Gasteiger partial charge in [-0.15, -0.1) is 0 Å². The number of pyridine rings is 1. The van der Waals surface area contributed by atoms with Crippen LogP contribution in [0.15, 0.2) is 36.4 Å². The SMILES string of the molecule is Nc1ccc(OCc2ccccc2Cl)nc1N. The highest BCUT2D eigenvalue weighted by Gasteiger charge is 2.03. The molecule has 0 aliphatic rings. The molecule has 4 N–H and O–H groups in total. The van der Waals surface area contributed by atoms with Crippen molar-refractivity contribution in [3.8, 4) is 5.88 Å². The van der Waals surface area contributed by atoms with Gasteiger partial charge in [0, 0.05) is 16.7 Å². The minimum absolute atomic E-state index is 0.265. The van der Waals surface area contributed by atoms with Gasteiger partial charge in [-0.1, -0.05) is 29.8 Å². The average Bonchev–Trinajstić information content (AvgIpc) is 2.32. The van der Waals surface area contributed by atoms with Crippen LogP contribution in [0.3, 0.4) is 0 Å². The highest BCUT2D eigenvalue weighted by molar-refractivity contribution is 6.31. The van der Waals surface area contributed by atoms with E-state index < -0.39 is 0 Å². The van der Waals surface area contributed by atoms with Crippen LogP contribution in [0.1, 0.15) is 5.56 Å². The first-order chi connectivity index (χ1) is 8.16. The molecule has 0 aliphatic carbocycles. The zero-order valence-electron chi connectivity index (χ0n) is 9.06. The van der Waals surface area contributed by atoms with Crippen LogP contribution in [0.4, 0.5) is 11.5 Å². The molecule has 2 aromatic rings. The Labute approximate surface area is 104 Å². The predicted molar refractivity (Wildman–Crippen MR) is 68.8 cm³/mol. The third-order valence-electron chi connectivity index (χ3n) is 2.27. The van der Waals surface area contributed by atoms with Crippen molar-refractivity contribution in [2.75, 3.05) is 11.5 Å². The summed E-state index contributed by atoms with van der Waals surface area (Å²) in [7, 11) is 0. The summed E-state index contributed by atoms with van der Waals surface area (Å²) < 4.78 is 5.48. The molecule has 2 rings (SSSR count).